The van der Waals surface area contributed by atoms with E-state index in [9.17, 15) is 14.9 Å². The van der Waals surface area contributed by atoms with Crippen LogP contribution in [0, 0.1) is 10.1 Å². The van der Waals surface area contributed by atoms with E-state index < -0.39 is 0 Å². The van der Waals surface area contributed by atoms with Crippen LogP contribution in [0.4, 0.5) is 11.4 Å². The summed E-state index contributed by atoms with van der Waals surface area (Å²) in [5, 5.41) is 12.6. The van der Waals surface area contributed by atoms with Crippen LogP contribution < -0.4 is 4.90 Å². The molecule has 0 fully saturated rings. The zero-order chi connectivity index (χ0) is 20.7. The number of amides is 1. The number of nitro benzene ring substituents is 1. The minimum Gasteiger partial charge on any atom is -0.326 e. The number of para-hydroxylation sites is 2. The molecule has 0 radical (unpaired) electrons. The molecule has 0 N–H and O–H groups in total. The molecule has 0 spiro atoms. The summed E-state index contributed by atoms with van der Waals surface area (Å²) in [5.74, 6) is -0.121. The lowest BCUT2D eigenvalue weighted by Gasteiger charge is -2.28. The molecule has 3 aromatic carbocycles. The molecule has 1 aliphatic rings. The molecular formula is C24H19N3O3. The van der Waals surface area contributed by atoms with Crippen molar-refractivity contribution in [3.8, 4) is 0 Å². The minimum absolute atomic E-state index is 0.0249. The fraction of sp³-hybridized carbons (Fsp3) is 0.125. The first-order chi connectivity index (χ1) is 14.6. The topological polar surface area (TPSA) is 68.4 Å². The zero-order valence-corrected chi connectivity index (χ0v) is 16.2. The standard InChI is InChI=1S/C24H19N3O3/c28-24-23-20(14-15-25(24)18-10-5-2-6-11-18)19-12-7-13-21(27(29)30)22(19)26(23)16-17-8-3-1-4-9-17/h1-13H,14-16H2. The third-order valence-corrected chi connectivity index (χ3v) is 5.65. The molecule has 0 atom stereocenters. The quantitative estimate of drug-likeness (QED) is 0.367. The molecule has 0 saturated carbocycles. The lowest BCUT2D eigenvalue weighted by atomic mass is 10.0. The highest BCUT2D eigenvalue weighted by molar-refractivity contribution is 6.12. The molecule has 0 bridgehead atoms. The molecule has 0 aliphatic carbocycles. The molecule has 5 rings (SSSR count). The summed E-state index contributed by atoms with van der Waals surface area (Å²) >= 11 is 0. The average Bonchev–Trinajstić information content (AvgIpc) is 3.10. The summed E-state index contributed by atoms with van der Waals surface area (Å²) in [4.78, 5) is 26.8. The van der Waals surface area contributed by atoms with Gasteiger partial charge in [0.25, 0.3) is 11.6 Å². The van der Waals surface area contributed by atoms with Crippen molar-refractivity contribution in [3.63, 3.8) is 0 Å². The highest BCUT2D eigenvalue weighted by Gasteiger charge is 2.34. The van der Waals surface area contributed by atoms with Gasteiger partial charge in [-0.15, -0.1) is 0 Å². The van der Waals surface area contributed by atoms with Gasteiger partial charge in [0.05, 0.1) is 4.92 Å². The molecule has 6 heteroatoms. The van der Waals surface area contributed by atoms with Gasteiger partial charge in [-0.05, 0) is 29.7 Å². The molecule has 1 aromatic heterocycles. The van der Waals surface area contributed by atoms with Crippen LogP contribution >= 0.6 is 0 Å². The van der Waals surface area contributed by atoms with E-state index in [1.54, 1.807) is 11.0 Å². The van der Waals surface area contributed by atoms with Crippen molar-refractivity contribution in [1.82, 2.24) is 4.57 Å². The van der Waals surface area contributed by atoms with Gasteiger partial charge in [-0.1, -0.05) is 60.7 Å². The Labute approximate surface area is 173 Å². The fourth-order valence-electron chi connectivity index (χ4n) is 4.34. The van der Waals surface area contributed by atoms with Crippen molar-refractivity contribution in [2.75, 3.05) is 11.4 Å². The average molecular weight is 397 g/mol. The maximum Gasteiger partial charge on any atom is 0.293 e. The Kier molecular flexibility index (Phi) is 4.32. The monoisotopic (exact) mass is 397 g/mol. The van der Waals surface area contributed by atoms with Crippen molar-refractivity contribution in [1.29, 1.82) is 0 Å². The Balaban J connectivity index is 1.75. The van der Waals surface area contributed by atoms with Crippen molar-refractivity contribution in [2.24, 2.45) is 0 Å². The van der Waals surface area contributed by atoms with Gasteiger partial charge in [0, 0.05) is 30.2 Å². The lowest BCUT2D eigenvalue weighted by Crippen LogP contribution is -2.38. The maximum absolute atomic E-state index is 13.6. The van der Waals surface area contributed by atoms with Crippen LogP contribution in [0.15, 0.2) is 78.9 Å². The number of carbonyl (C=O) groups is 1. The van der Waals surface area contributed by atoms with Crippen LogP contribution in [0.5, 0.6) is 0 Å². The van der Waals surface area contributed by atoms with E-state index in [0.29, 0.717) is 30.7 Å². The highest BCUT2D eigenvalue weighted by atomic mass is 16.6. The van der Waals surface area contributed by atoms with E-state index in [4.69, 9.17) is 0 Å². The second-order valence-corrected chi connectivity index (χ2v) is 7.37. The first-order valence-corrected chi connectivity index (χ1v) is 9.84. The van der Waals surface area contributed by atoms with Gasteiger partial charge in [0.1, 0.15) is 11.2 Å². The van der Waals surface area contributed by atoms with Gasteiger partial charge in [-0.25, -0.2) is 0 Å². The van der Waals surface area contributed by atoms with E-state index >= 15 is 0 Å². The number of non-ortho nitro benzene ring substituents is 1. The summed E-state index contributed by atoms with van der Waals surface area (Å²) in [5.41, 5.74) is 3.79. The van der Waals surface area contributed by atoms with Gasteiger partial charge in [0.2, 0.25) is 0 Å². The van der Waals surface area contributed by atoms with Gasteiger partial charge in [0.15, 0.2) is 0 Å². The number of aromatic nitrogens is 1. The molecule has 0 unspecified atom stereocenters. The number of nitrogens with zero attached hydrogens (tertiary/aromatic N) is 3. The second kappa shape index (κ2) is 7.15. The molecule has 148 valence electrons. The zero-order valence-electron chi connectivity index (χ0n) is 16.2. The fourth-order valence-corrected chi connectivity index (χ4v) is 4.34. The van der Waals surface area contributed by atoms with Crippen molar-refractivity contribution in [3.05, 3.63) is 106 Å². The summed E-state index contributed by atoms with van der Waals surface area (Å²) in [6, 6.07) is 24.4. The number of carbonyl (C=O) groups excluding carboxylic acids is 1. The number of benzene rings is 3. The number of rotatable bonds is 4. The number of anilines is 1. The summed E-state index contributed by atoms with van der Waals surface area (Å²) in [6.07, 6.45) is 0.648. The first kappa shape index (κ1) is 18.1. The normalized spacial score (nSPS) is 13.5. The van der Waals surface area contributed by atoms with E-state index in [1.807, 2.05) is 71.3 Å². The molecule has 1 aliphatic heterocycles. The van der Waals surface area contributed by atoms with Gasteiger partial charge in [-0.3, -0.25) is 14.9 Å². The molecule has 30 heavy (non-hydrogen) atoms. The van der Waals surface area contributed by atoms with Crippen molar-refractivity contribution >= 4 is 28.2 Å². The Hall–Kier alpha value is -3.93. The molecule has 2 heterocycles. The van der Waals surface area contributed by atoms with Crippen LogP contribution in [0.3, 0.4) is 0 Å². The van der Waals surface area contributed by atoms with E-state index in [1.165, 1.54) is 6.07 Å². The van der Waals surface area contributed by atoms with Gasteiger partial charge >= 0.3 is 0 Å². The second-order valence-electron chi connectivity index (χ2n) is 7.37. The maximum atomic E-state index is 13.6. The van der Waals surface area contributed by atoms with Crippen LogP contribution in [0.2, 0.25) is 0 Å². The number of nitro groups is 1. The molecule has 0 saturated heterocycles. The summed E-state index contributed by atoms with van der Waals surface area (Å²) < 4.78 is 1.83. The number of hydrogen-bond acceptors (Lipinski definition) is 3. The van der Waals surface area contributed by atoms with Crippen LogP contribution in [0.1, 0.15) is 21.6 Å². The largest absolute Gasteiger partial charge is 0.326 e. The molecule has 1 amide bonds. The summed E-state index contributed by atoms with van der Waals surface area (Å²) in [6.45, 7) is 0.939. The SMILES string of the molecule is O=C1c2c(c3cccc([N+](=O)[O-])c3n2Cc2ccccc2)CCN1c1ccccc1. The third-order valence-electron chi connectivity index (χ3n) is 5.65. The molecule has 4 aromatic rings. The summed E-state index contributed by atoms with van der Waals surface area (Å²) in [7, 11) is 0. The Morgan fingerprint density at radius 2 is 1.60 bits per heavy atom. The third kappa shape index (κ3) is 2.85. The molecule has 6 nitrogen and oxygen atoms in total. The Bertz CT molecular complexity index is 1260. The minimum atomic E-state index is -0.366. The van der Waals surface area contributed by atoms with Crippen LogP contribution in [-0.4, -0.2) is 21.9 Å². The lowest BCUT2D eigenvalue weighted by molar-refractivity contribution is -0.383. The van der Waals surface area contributed by atoms with Crippen molar-refractivity contribution in [2.45, 2.75) is 13.0 Å². The molecular weight excluding hydrogens is 378 g/mol. The van der Waals surface area contributed by atoms with Crippen LogP contribution in [0.25, 0.3) is 10.9 Å². The highest BCUT2D eigenvalue weighted by Crippen LogP contribution is 2.37. The number of fused-ring (bicyclic) bond motifs is 3. The van der Waals surface area contributed by atoms with E-state index in [0.717, 1.165) is 22.2 Å². The first-order valence-electron chi connectivity index (χ1n) is 9.84. The predicted molar refractivity (Wildman–Crippen MR) is 116 cm³/mol. The Morgan fingerprint density at radius 1 is 0.900 bits per heavy atom. The van der Waals surface area contributed by atoms with Crippen molar-refractivity contribution < 1.29 is 9.72 Å². The Morgan fingerprint density at radius 3 is 2.30 bits per heavy atom. The van der Waals surface area contributed by atoms with E-state index in [-0.39, 0.29) is 16.5 Å². The smallest absolute Gasteiger partial charge is 0.293 e. The predicted octanol–water partition coefficient (Wildman–Crippen LogP) is 4.80. The van der Waals surface area contributed by atoms with Crippen LogP contribution in [-0.2, 0) is 13.0 Å². The van der Waals surface area contributed by atoms with E-state index in [2.05, 4.69) is 0 Å². The number of hydrogen-bond donors (Lipinski definition) is 0. The van der Waals surface area contributed by atoms with Gasteiger partial charge < -0.3 is 9.47 Å². The van der Waals surface area contributed by atoms with Gasteiger partial charge in [-0.2, -0.15) is 0 Å².